The third-order valence-electron chi connectivity index (χ3n) is 2.35. The normalized spacial score (nSPS) is 12.0. The minimum absolute atomic E-state index is 0.214. The molecule has 0 bridgehead atoms. The van der Waals surface area contributed by atoms with Crippen LogP contribution in [0.2, 0.25) is 0 Å². The molecule has 1 heterocycles. The lowest BCUT2D eigenvalue weighted by Crippen LogP contribution is -2.20. The summed E-state index contributed by atoms with van der Waals surface area (Å²) in [5.74, 6) is 1.03. The van der Waals surface area contributed by atoms with Crippen LogP contribution in [0.4, 0.5) is 11.9 Å². The van der Waals surface area contributed by atoms with E-state index in [0.29, 0.717) is 31.1 Å². The van der Waals surface area contributed by atoms with Crippen LogP contribution in [-0.2, 0) is 4.74 Å². The molecule has 1 aromatic rings. The number of aromatic nitrogens is 3. The maximum Gasteiger partial charge on any atom is 0.323 e. The molecule has 1 atom stereocenters. The molecule has 0 spiro atoms. The molecular formula is C12H23N5O2. The molecular weight excluding hydrogens is 246 g/mol. The zero-order valence-corrected chi connectivity index (χ0v) is 12.1. The summed E-state index contributed by atoms with van der Waals surface area (Å²) >= 11 is 0. The predicted octanol–water partition coefficient (Wildman–Crippen LogP) is 1.54. The average Bonchev–Trinajstić information content (AvgIpc) is 2.37. The fraction of sp³-hybridized carbons (Fsp3) is 0.750. The van der Waals surface area contributed by atoms with Crippen LogP contribution in [0.5, 0.6) is 6.01 Å². The molecule has 0 aliphatic heterocycles. The van der Waals surface area contributed by atoms with E-state index in [1.807, 2.05) is 13.8 Å². The Kier molecular flexibility index (Phi) is 6.88. The highest BCUT2D eigenvalue weighted by molar-refractivity contribution is 5.36. The van der Waals surface area contributed by atoms with Crippen LogP contribution >= 0.6 is 0 Å². The Morgan fingerprint density at radius 3 is 2.53 bits per heavy atom. The highest BCUT2D eigenvalue weighted by Gasteiger charge is 2.09. The molecule has 1 rings (SSSR count). The Morgan fingerprint density at radius 1 is 1.16 bits per heavy atom. The highest BCUT2D eigenvalue weighted by Crippen LogP contribution is 2.12. The smallest absolute Gasteiger partial charge is 0.323 e. The number of hydrogen-bond acceptors (Lipinski definition) is 7. The summed E-state index contributed by atoms with van der Waals surface area (Å²) in [6.45, 7) is 7.89. The molecule has 2 N–H and O–H groups in total. The van der Waals surface area contributed by atoms with E-state index in [2.05, 4.69) is 32.5 Å². The fourth-order valence-electron chi connectivity index (χ4n) is 1.44. The van der Waals surface area contributed by atoms with Gasteiger partial charge in [0.05, 0.1) is 6.61 Å². The molecule has 0 aliphatic rings. The van der Waals surface area contributed by atoms with E-state index in [1.54, 1.807) is 7.11 Å². The highest BCUT2D eigenvalue weighted by atomic mass is 16.5. The van der Waals surface area contributed by atoms with Gasteiger partial charge in [-0.25, -0.2) is 0 Å². The maximum absolute atomic E-state index is 5.33. The number of rotatable bonds is 9. The Bertz CT molecular complexity index is 351. The van der Waals surface area contributed by atoms with Crippen molar-refractivity contribution in [3.8, 4) is 6.01 Å². The van der Waals surface area contributed by atoms with Gasteiger partial charge >= 0.3 is 6.01 Å². The maximum atomic E-state index is 5.33. The fourth-order valence-corrected chi connectivity index (χ4v) is 1.44. The van der Waals surface area contributed by atoms with Crippen molar-refractivity contribution in [1.29, 1.82) is 0 Å². The van der Waals surface area contributed by atoms with Crippen LogP contribution < -0.4 is 15.4 Å². The molecule has 1 unspecified atom stereocenters. The molecule has 0 aromatic carbocycles. The standard InChI is InChI=1S/C12H23N5O2/c1-5-13-10-15-11(14-9(3)7-8-18-4)17-12(16-10)19-6-2/h9H,5-8H2,1-4H3,(H2,13,14,15,16,17). The molecule has 1 aromatic heterocycles. The summed E-state index contributed by atoms with van der Waals surface area (Å²) in [5.41, 5.74) is 0. The first kappa shape index (κ1) is 15.4. The molecule has 7 heteroatoms. The molecule has 0 aliphatic carbocycles. The van der Waals surface area contributed by atoms with Crippen molar-refractivity contribution >= 4 is 11.9 Å². The van der Waals surface area contributed by atoms with Crippen molar-refractivity contribution in [3.05, 3.63) is 0 Å². The summed E-state index contributed by atoms with van der Waals surface area (Å²) in [5, 5.41) is 6.27. The second-order valence-electron chi connectivity index (χ2n) is 4.06. The van der Waals surface area contributed by atoms with Gasteiger partial charge in [0.25, 0.3) is 0 Å². The zero-order valence-electron chi connectivity index (χ0n) is 12.1. The molecule has 7 nitrogen and oxygen atoms in total. The number of ether oxygens (including phenoxy) is 2. The van der Waals surface area contributed by atoms with E-state index in [0.717, 1.165) is 13.0 Å². The van der Waals surface area contributed by atoms with E-state index >= 15 is 0 Å². The summed E-state index contributed by atoms with van der Waals surface area (Å²) in [6.07, 6.45) is 0.878. The van der Waals surface area contributed by atoms with Gasteiger partial charge in [0.2, 0.25) is 11.9 Å². The zero-order chi connectivity index (χ0) is 14.1. The Balaban J connectivity index is 2.74. The van der Waals surface area contributed by atoms with Gasteiger partial charge in [-0.05, 0) is 27.2 Å². The van der Waals surface area contributed by atoms with Crippen LogP contribution in [0.3, 0.4) is 0 Å². The molecule has 0 amide bonds. The number of hydrogen-bond donors (Lipinski definition) is 2. The van der Waals surface area contributed by atoms with Crippen LogP contribution in [0.25, 0.3) is 0 Å². The van der Waals surface area contributed by atoms with Crippen molar-refractivity contribution < 1.29 is 9.47 Å². The summed E-state index contributed by atoms with van der Waals surface area (Å²) in [7, 11) is 1.69. The van der Waals surface area contributed by atoms with Gasteiger partial charge < -0.3 is 20.1 Å². The lowest BCUT2D eigenvalue weighted by molar-refractivity contribution is 0.191. The van der Waals surface area contributed by atoms with Gasteiger partial charge in [-0.2, -0.15) is 15.0 Å². The van der Waals surface area contributed by atoms with E-state index in [-0.39, 0.29) is 6.04 Å². The van der Waals surface area contributed by atoms with Crippen LogP contribution in [-0.4, -0.2) is 47.9 Å². The molecule has 19 heavy (non-hydrogen) atoms. The minimum Gasteiger partial charge on any atom is -0.464 e. The van der Waals surface area contributed by atoms with Crippen molar-refractivity contribution in [3.63, 3.8) is 0 Å². The van der Waals surface area contributed by atoms with Crippen LogP contribution in [0, 0.1) is 0 Å². The lowest BCUT2D eigenvalue weighted by Gasteiger charge is -2.14. The van der Waals surface area contributed by atoms with Crippen LogP contribution in [0.15, 0.2) is 0 Å². The summed E-state index contributed by atoms with van der Waals surface area (Å²) in [4.78, 5) is 12.7. The third-order valence-corrected chi connectivity index (χ3v) is 2.35. The molecule has 0 radical (unpaired) electrons. The monoisotopic (exact) mass is 269 g/mol. The first-order valence-corrected chi connectivity index (χ1v) is 6.57. The second kappa shape index (κ2) is 8.47. The van der Waals surface area contributed by atoms with Crippen molar-refractivity contribution in [1.82, 2.24) is 15.0 Å². The second-order valence-corrected chi connectivity index (χ2v) is 4.06. The van der Waals surface area contributed by atoms with E-state index < -0.39 is 0 Å². The van der Waals surface area contributed by atoms with Gasteiger partial charge in [0.15, 0.2) is 0 Å². The Hall–Kier alpha value is -1.63. The lowest BCUT2D eigenvalue weighted by atomic mass is 10.2. The topological polar surface area (TPSA) is 81.2 Å². The molecule has 0 saturated heterocycles. The molecule has 108 valence electrons. The Labute approximate surface area is 114 Å². The number of anilines is 2. The molecule has 0 fully saturated rings. The largest absolute Gasteiger partial charge is 0.464 e. The van der Waals surface area contributed by atoms with E-state index in [9.17, 15) is 0 Å². The van der Waals surface area contributed by atoms with Crippen molar-refractivity contribution in [2.24, 2.45) is 0 Å². The average molecular weight is 269 g/mol. The van der Waals surface area contributed by atoms with Crippen molar-refractivity contribution in [2.75, 3.05) is 37.5 Å². The number of nitrogens with one attached hydrogen (secondary N) is 2. The molecule has 0 saturated carbocycles. The summed E-state index contributed by atoms with van der Waals surface area (Å²) < 4.78 is 10.4. The number of nitrogens with zero attached hydrogens (tertiary/aromatic N) is 3. The SMILES string of the molecule is CCNc1nc(NC(C)CCOC)nc(OCC)n1. The summed E-state index contributed by atoms with van der Waals surface area (Å²) in [6, 6.07) is 0.543. The number of methoxy groups -OCH3 is 1. The van der Waals surface area contributed by atoms with Crippen molar-refractivity contribution in [2.45, 2.75) is 33.2 Å². The van der Waals surface area contributed by atoms with Crippen LogP contribution in [0.1, 0.15) is 27.2 Å². The van der Waals surface area contributed by atoms with E-state index in [4.69, 9.17) is 9.47 Å². The van der Waals surface area contributed by atoms with E-state index in [1.165, 1.54) is 0 Å². The van der Waals surface area contributed by atoms with Gasteiger partial charge in [0.1, 0.15) is 0 Å². The van der Waals surface area contributed by atoms with Gasteiger partial charge in [-0.3, -0.25) is 0 Å². The van der Waals surface area contributed by atoms with Gasteiger partial charge in [0, 0.05) is 26.3 Å². The predicted molar refractivity (Wildman–Crippen MR) is 74.7 cm³/mol. The van der Waals surface area contributed by atoms with Gasteiger partial charge in [-0.15, -0.1) is 0 Å². The first-order valence-electron chi connectivity index (χ1n) is 6.57. The first-order chi connectivity index (χ1) is 9.19. The Morgan fingerprint density at radius 2 is 1.89 bits per heavy atom. The third kappa shape index (κ3) is 5.69. The van der Waals surface area contributed by atoms with Gasteiger partial charge in [-0.1, -0.05) is 0 Å². The minimum atomic E-state index is 0.214. The quantitative estimate of drug-likeness (QED) is 0.703.